The van der Waals surface area contributed by atoms with Gasteiger partial charge in [-0.1, -0.05) is 135 Å². The van der Waals surface area contributed by atoms with E-state index in [9.17, 15) is 0 Å². The molecule has 0 aliphatic carbocycles. The molecule has 1 aliphatic rings. The van der Waals surface area contributed by atoms with Crippen LogP contribution < -0.4 is 9.47 Å². The number of hydrogen-bond acceptors (Lipinski definition) is 8. The highest BCUT2D eigenvalue weighted by atomic mass is 28.4. The van der Waals surface area contributed by atoms with Gasteiger partial charge in [0.25, 0.3) is 0 Å². The van der Waals surface area contributed by atoms with E-state index in [0.29, 0.717) is 59.7 Å². The molecule has 60 heavy (non-hydrogen) atoms. The maximum atomic E-state index is 7.95. The van der Waals surface area contributed by atoms with Gasteiger partial charge in [-0.25, -0.2) is 0 Å². The van der Waals surface area contributed by atoms with Crippen molar-refractivity contribution in [3.63, 3.8) is 0 Å². The predicted octanol–water partition coefficient (Wildman–Crippen LogP) is 13.4. The summed E-state index contributed by atoms with van der Waals surface area (Å²) in [5, 5.41) is 0.0322. The molecule has 344 valence electrons. The van der Waals surface area contributed by atoms with Crippen molar-refractivity contribution < 1.29 is 37.0 Å². The van der Waals surface area contributed by atoms with Crippen LogP contribution in [0.2, 0.25) is 51.4 Å². The van der Waals surface area contributed by atoms with Crippen LogP contribution in [-0.2, 0) is 40.7 Å². The monoisotopic (exact) mass is 889 g/mol. The average Bonchev–Trinajstić information content (AvgIpc) is 3.16. The van der Waals surface area contributed by atoms with E-state index in [1.54, 1.807) is 14.2 Å². The summed E-state index contributed by atoms with van der Waals surface area (Å²) in [5.41, 5.74) is 4.55. The standard InChI is InChI=1S/C49H88O8Si3/c1-33(2)59(34(3)4,35(5)6)55-32-45-48(53-30-41-23-27-43(51-18)28-24-41)47(57-60(36(7)8,37(9)10)38(11)12)39(13)46(56-45)44(31-54-58(19,20)49(14,15)16)52-29-40-21-25-42(50-17)26-22-40/h21-28,33-39,44-48H,29-32H2,1-20H3/t39-,44+,45+,46+,47+,48+/m0/s1. The molecule has 1 heterocycles. The van der Waals surface area contributed by atoms with Gasteiger partial charge in [0.05, 0.1) is 52.9 Å². The molecule has 0 N–H and O–H groups in total. The first-order valence-corrected chi connectivity index (χ1v) is 30.2. The van der Waals surface area contributed by atoms with Gasteiger partial charge in [-0.15, -0.1) is 0 Å². The fourth-order valence-electron chi connectivity index (χ4n) is 9.99. The van der Waals surface area contributed by atoms with Crippen molar-refractivity contribution in [2.24, 2.45) is 5.92 Å². The smallest absolute Gasteiger partial charge is 0.200 e. The van der Waals surface area contributed by atoms with Crippen LogP contribution in [0.25, 0.3) is 0 Å². The zero-order valence-electron chi connectivity index (χ0n) is 41.6. The molecule has 6 atom stereocenters. The van der Waals surface area contributed by atoms with Gasteiger partial charge in [0.2, 0.25) is 8.32 Å². The van der Waals surface area contributed by atoms with Crippen LogP contribution in [-0.4, -0.2) is 82.9 Å². The van der Waals surface area contributed by atoms with Crippen molar-refractivity contribution in [1.29, 1.82) is 0 Å². The van der Waals surface area contributed by atoms with Crippen molar-refractivity contribution in [3.8, 4) is 11.5 Å². The van der Waals surface area contributed by atoms with Crippen LogP contribution in [0.4, 0.5) is 0 Å². The Morgan fingerprint density at radius 3 is 1.43 bits per heavy atom. The molecule has 0 saturated carbocycles. The molecule has 1 saturated heterocycles. The molecule has 0 unspecified atom stereocenters. The van der Waals surface area contributed by atoms with E-state index in [-0.39, 0.29) is 35.4 Å². The molecule has 3 rings (SSSR count). The van der Waals surface area contributed by atoms with E-state index in [1.807, 2.05) is 24.3 Å². The fourth-order valence-corrected chi connectivity index (χ4v) is 22.1. The topological polar surface area (TPSA) is 73.8 Å². The molecule has 2 aromatic rings. The van der Waals surface area contributed by atoms with Gasteiger partial charge in [-0.2, -0.15) is 0 Å². The summed E-state index contributed by atoms with van der Waals surface area (Å²) in [6, 6.07) is 16.3. The lowest BCUT2D eigenvalue weighted by Gasteiger charge is -2.53. The Bertz CT molecular complexity index is 1490. The maximum absolute atomic E-state index is 7.95. The van der Waals surface area contributed by atoms with Gasteiger partial charge in [-0.3, -0.25) is 0 Å². The van der Waals surface area contributed by atoms with E-state index in [0.717, 1.165) is 22.6 Å². The minimum Gasteiger partial charge on any atom is -0.497 e. The molecule has 0 amide bonds. The molecule has 0 radical (unpaired) electrons. The molecule has 0 spiro atoms. The van der Waals surface area contributed by atoms with E-state index in [4.69, 9.17) is 37.0 Å². The fraction of sp³-hybridized carbons (Fsp3) is 0.755. The van der Waals surface area contributed by atoms with Crippen LogP contribution in [0.5, 0.6) is 11.5 Å². The highest BCUT2D eigenvalue weighted by molar-refractivity contribution is 6.78. The third-order valence-electron chi connectivity index (χ3n) is 14.3. The van der Waals surface area contributed by atoms with Crippen molar-refractivity contribution in [3.05, 3.63) is 59.7 Å². The van der Waals surface area contributed by atoms with Crippen LogP contribution in [0.3, 0.4) is 0 Å². The molecule has 0 aromatic heterocycles. The number of methoxy groups -OCH3 is 2. The Morgan fingerprint density at radius 2 is 1.03 bits per heavy atom. The van der Waals surface area contributed by atoms with Gasteiger partial charge in [0.15, 0.2) is 16.6 Å². The number of benzene rings is 2. The van der Waals surface area contributed by atoms with Gasteiger partial charge in [-0.05, 0) is 86.8 Å². The summed E-state index contributed by atoms with van der Waals surface area (Å²) >= 11 is 0. The summed E-state index contributed by atoms with van der Waals surface area (Å²) in [7, 11) is -3.52. The largest absolute Gasteiger partial charge is 0.497 e. The van der Waals surface area contributed by atoms with Crippen molar-refractivity contribution >= 4 is 25.0 Å². The Labute approximate surface area is 370 Å². The molecular formula is C49H88O8Si3. The van der Waals surface area contributed by atoms with Crippen molar-refractivity contribution in [2.75, 3.05) is 27.4 Å². The van der Waals surface area contributed by atoms with E-state index < -0.39 is 31.1 Å². The average molecular weight is 889 g/mol. The molecule has 2 aromatic carbocycles. The predicted molar refractivity (Wildman–Crippen MR) is 257 cm³/mol. The number of rotatable bonds is 23. The van der Waals surface area contributed by atoms with Gasteiger partial charge < -0.3 is 37.0 Å². The lowest BCUT2D eigenvalue weighted by Crippen LogP contribution is -2.65. The highest BCUT2D eigenvalue weighted by Crippen LogP contribution is 2.48. The Kier molecular flexibility index (Phi) is 19.7. The van der Waals surface area contributed by atoms with Crippen LogP contribution >= 0.6 is 0 Å². The molecule has 11 heteroatoms. The van der Waals surface area contributed by atoms with Gasteiger partial charge in [0.1, 0.15) is 29.8 Å². The second-order valence-electron chi connectivity index (χ2n) is 20.9. The summed E-state index contributed by atoms with van der Waals surface area (Å²) in [5.74, 6) is 1.56. The van der Waals surface area contributed by atoms with Gasteiger partial charge in [0, 0.05) is 5.92 Å². The third-order valence-corrected chi connectivity index (χ3v) is 31.0. The van der Waals surface area contributed by atoms with E-state index in [1.165, 1.54) is 0 Å². The molecule has 1 fully saturated rings. The van der Waals surface area contributed by atoms with Gasteiger partial charge >= 0.3 is 0 Å². The SMILES string of the molecule is COc1ccc(CO[C@H]2[C@H](O[Si](C(C)C)(C(C)C)C(C)C)[C@@H](C)[C@H]([C@@H](CO[Si](C)(C)C(C)(C)C)OCc3ccc(OC)cc3)O[C@@H]2CO[Si](C(C)C)(C(C)C)C(C)C)cc1. The van der Waals surface area contributed by atoms with Crippen LogP contribution in [0.15, 0.2) is 48.5 Å². The minimum atomic E-state index is -2.44. The van der Waals surface area contributed by atoms with E-state index >= 15 is 0 Å². The lowest BCUT2D eigenvalue weighted by atomic mass is 9.85. The first kappa shape index (κ1) is 52.8. The molecular weight excluding hydrogens is 801 g/mol. The minimum absolute atomic E-state index is 0.0322. The molecule has 0 bridgehead atoms. The lowest BCUT2D eigenvalue weighted by molar-refractivity contribution is -0.247. The van der Waals surface area contributed by atoms with Crippen LogP contribution in [0.1, 0.15) is 122 Å². The Morgan fingerprint density at radius 1 is 0.600 bits per heavy atom. The number of ether oxygens (including phenoxy) is 5. The van der Waals surface area contributed by atoms with E-state index in [2.05, 4.69) is 148 Å². The first-order valence-electron chi connectivity index (χ1n) is 23.0. The summed E-state index contributed by atoms with van der Waals surface area (Å²) < 4.78 is 55.2. The first-order chi connectivity index (χ1) is 27.9. The third kappa shape index (κ3) is 12.4. The molecule has 8 nitrogen and oxygen atoms in total. The highest BCUT2D eigenvalue weighted by Gasteiger charge is 2.55. The summed E-state index contributed by atoms with van der Waals surface area (Å²) in [6.45, 7) is 43.7. The molecule has 1 aliphatic heterocycles. The quantitative estimate of drug-likeness (QED) is 0.102. The maximum Gasteiger partial charge on any atom is 0.200 e. The van der Waals surface area contributed by atoms with Crippen molar-refractivity contribution in [2.45, 2.75) is 206 Å². The summed E-state index contributed by atoms with van der Waals surface area (Å²) in [4.78, 5) is 0. The second-order valence-corrected chi connectivity index (χ2v) is 36.6. The number of hydrogen-bond donors (Lipinski definition) is 0. The van der Waals surface area contributed by atoms with Crippen LogP contribution in [0, 0.1) is 5.92 Å². The Balaban J connectivity index is 2.26. The zero-order chi connectivity index (χ0) is 45.4. The Hall–Kier alpha value is -1.55. The second kappa shape index (κ2) is 22.4. The summed E-state index contributed by atoms with van der Waals surface area (Å²) in [6.07, 6.45) is -1.79. The van der Waals surface area contributed by atoms with Crippen molar-refractivity contribution in [1.82, 2.24) is 0 Å². The zero-order valence-corrected chi connectivity index (χ0v) is 44.6. The normalized spacial score (nSPS) is 21.5.